The zero-order valence-corrected chi connectivity index (χ0v) is 47.3. The molecule has 2 aliphatic heterocycles. The van der Waals surface area contributed by atoms with Gasteiger partial charge in [-0.15, -0.1) is 5.73 Å². The number of allylic oxidation sites excluding steroid dienone is 12. The number of hydrogen-bond acceptors (Lipinski definition) is 10. The normalized spacial score (nSPS) is 19.0. The molecule has 3 unspecified atom stereocenters. The van der Waals surface area contributed by atoms with Crippen molar-refractivity contribution in [2.45, 2.75) is 103 Å². The predicted molar refractivity (Wildman–Crippen MR) is 323 cm³/mol. The maximum absolute atomic E-state index is 14.3. The molecule has 81 heavy (non-hydrogen) atoms. The van der Waals surface area contributed by atoms with Crippen molar-refractivity contribution in [3.8, 4) is 23.0 Å². The molecule has 1 amide bonds. The second kappa shape index (κ2) is 26.3. The van der Waals surface area contributed by atoms with Crippen molar-refractivity contribution in [2.24, 2.45) is 17.6 Å². The number of nitrogens with zero attached hydrogens (tertiary/aromatic N) is 1. The molecule has 4 aromatic carbocycles. The average Bonchev–Trinajstić information content (AvgIpc) is 4.16. The number of fused-ring (bicyclic) bond motifs is 4. The van der Waals surface area contributed by atoms with E-state index in [0.717, 1.165) is 66.4 Å². The van der Waals surface area contributed by atoms with E-state index < -0.39 is 6.04 Å². The largest absolute Gasteiger partial charge is 0.493 e. The number of nitrogens with one attached hydrogen (secondary N) is 1. The fraction of sp³-hybridized carbons (Fsp3) is 0.314. The number of nitrogens with two attached hydrogens (primary N) is 1. The summed E-state index contributed by atoms with van der Waals surface area (Å²) >= 11 is 0. The first-order valence-electron chi connectivity index (χ1n) is 28.2. The summed E-state index contributed by atoms with van der Waals surface area (Å²) in [4.78, 5) is 55.5. The standard InChI is InChI=1S/C70H73N3O8/c1-44(2)69(72)62(74)30-21-46(4)63(75)42-61(71)51-28-26-49(27-29-51)55-34-52-17-7-8-18-53-38-67(65(78-5)40-59(53)64(76)37-56(52)35-55)80-31-12-32-81-68-39-54-19-11-20-58-36-57(43-73(58)70(77)60(54)41-66(68)79-6)50-24-22-48(23-25-50)33-47-15-9-13-45(3)14-10-16-47/h7-8,15,17-29,35,37-41,43-44,52,58,69,71H,3,9-10,12-14,16,30-34,36,42,72H2,1-2,4-6H3/b17-7+,18-8+,46-21-,47-15?,56-37?,71-61?. The van der Waals surface area contributed by atoms with E-state index in [-0.39, 0.29) is 66.3 Å². The summed E-state index contributed by atoms with van der Waals surface area (Å²) in [7, 11) is 3.12. The van der Waals surface area contributed by atoms with E-state index in [2.05, 4.69) is 54.8 Å². The summed E-state index contributed by atoms with van der Waals surface area (Å²) in [6.07, 6.45) is 29.8. The summed E-state index contributed by atoms with van der Waals surface area (Å²) in [5, 5.41) is 8.66. The lowest BCUT2D eigenvalue weighted by Crippen LogP contribution is -2.35. The van der Waals surface area contributed by atoms with E-state index in [0.29, 0.717) is 82.3 Å². The molecule has 3 N–H and O–H groups in total. The summed E-state index contributed by atoms with van der Waals surface area (Å²) in [5.74, 6) is 1.25. The Hall–Kier alpha value is -8.37. The molecule has 0 aromatic heterocycles. The Morgan fingerprint density at radius 3 is 2.25 bits per heavy atom. The summed E-state index contributed by atoms with van der Waals surface area (Å²) in [5.41, 5.74) is 22.2. The van der Waals surface area contributed by atoms with Gasteiger partial charge < -0.3 is 35.0 Å². The van der Waals surface area contributed by atoms with Crippen LogP contribution in [0.2, 0.25) is 0 Å². The van der Waals surface area contributed by atoms with Crippen LogP contribution in [0.1, 0.15) is 139 Å². The lowest BCUT2D eigenvalue weighted by Gasteiger charge is -2.23. The monoisotopic (exact) mass is 1080 g/mol. The Labute approximate surface area is 476 Å². The topological polar surface area (TPSA) is 158 Å². The van der Waals surface area contributed by atoms with Crippen LogP contribution >= 0.6 is 0 Å². The molecule has 4 aromatic rings. The number of carbonyl (C=O) groups is 4. The third kappa shape index (κ3) is 14.0. The van der Waals surface area contributed by atoms with Crippen LogP contribution in [0.25, 0.3) is 23.3 Å². The van der Waals surface area contributed by atoms with E-state index in [1.54, 1.807) is 50.3 Å². The number of ether oxygens (including phenoxy) is 4. The molecule has 0 fully saturated rings. The molecule has 0 saturated carbocycles. The molecule has 0 spiro atoms. The van der Waals surface area contributed by atoms with Gasteiger partial charge in [-0.1, -0.05) is 123 Å². The molecular weight excluding hydrogens is 1010 g/mol. The van der Waals surface area contributed by atoms with Crippen LogP contribution in [-0.4, -0.2) is 73.4 Å². The predicted octanol–water partition coefficient (Wildman–Crippen LogP) is 14.0. The average molecular weight is 1080 g/mol. The highest BCUT2D eigenvalue weighted by Crippen LogP contribution is 2.41. The molecular formula is C70H73N3O8. The molecule has 5 aliphatic rings. The van der Waals surface area contributed by atoms with Crippen molar-refractivity contribution in [1.82, 2.24) is 4.90 Å². The van der Waals surface area contributed by atoms with Gasteiger partial charge in [0.05, 0.1) is 51.5 Å². The Kier molecular flexibility index (Phi) is 18.6. The van der Waals surface area contributed by atoms with Crippen molar-refractivity contribution in [3.05, 3.63) is 207 Å². The number of Topliss-reactive ketones (excluding diaryl/α,β-unsaturated/α-hetero) is 2. The molecule has 3 atom stereocenters. The first-order chi connectivity index (χ1) is 39.2. The first kappa shape index (κ1) is 57.3. The maximum Gasteiger partial charge on any atom is 0.259 e. The number of amides is 1. The number of hydrogen-bond donors (Lipinski definition) is 2. The van der Waals surface area contributed by atoms with Gasteiger partial charge in [-0.2, -0.15) is 0 Å². The van der Waals surface area contributed by atoms with E-state index in [1.165, 1.54) is 16.7 Å². The number of methoxy groups -OCH3 is 2. The van der Waals surface area contributed by atoms with Gasteiger partial charge >= 0.3 is 0 Å². The first-order valence-corrected chi connectivity index (χ1v) is 28.2. The Morgan fingerprint density at radius 1 is 0.840 bits per heavy atom. The maximum atomic E-state index is 14.3. The molecule has 11 nitrogen and oxygen atoms in total. The van der Waals surface area contributed by atoms with Gasteiger partial charge in [0.1, 0.15) is 0 Å². The summed E-state index contributed by atoms with van der Waals surface area (Å²) < 4.78 is 24.1. The van der Waals surface area contributed by atoms with Gasteiger partial charge in [-0.3, -0.25) is 19.2 Å². The second-order valence-corrected chi connectivity index (χ2v) is 21.9. The van der Waals surface area contributed by atoms with Crippen LogP contribution in [-0.2, 0) is 16.0 Å². The fourth-order valence-electron chi connectivity index (χ4n) is 10.9. The number of ketones is 3. The lowest BCUT2D eigenvalue weighted by atomic mass is 9.92. The van der Waals surface area contributed by atoms with Crippen LogP contribution in [0.3, 0.4) is 0 Å². The van der Waals surface area contributed by atoms with Crippen LogP contribution in [0.15, 0.2) is 162 Å². The minimum absolute atomic E-state index is 0.0144. The Balaban J connectivity index is 0.801. The number of benzene rings is 4. The Bertz CT molecular complexity index is 3430. The van der Waals surface area contributed by atoms with Gasteiger partial charge in [0.15, 0.2) is 40.3 Å². The van der Waals surface area contributed by atoms with E-state index in [9.17, 15) is 19.2 Å². The van der Waals surface area contributed by atoms with Crippen LogP contribution in [0.5, 0.6) is 23.0 Å². The quantitative estimate of drug-likeness (QED) is 0.0289. The molecule has 0 bridgehead atoms. The van der Waals surface area contributed by atoms with E-state index >= 15 is 0 Å². The highest BCUT2D eigenvalue weighted by molar-refractivity contribution is 6.14. The van der Waals surface area contributed by atoms with Crippen molar-refractivity contribution in [3.63, 3.8) is 0 Å². The zero-order valence-electron chi connectivity index (χ0n) is 47.3. The number of carbonyl (C=O) groups excluding carboxylic acids is 4. The minimum Gasteiger partial charge on any atom is -0.493 e. The van der Waals surface area contributed by atoms with Crippen LogP contribution in [0, 0.1) is 17.2 Å². The molecule has 11 heteroatoms. The van der Waals surface area contributed by atoms with Gasteiger partial charge in [0.25, 0.3) is 5.91 Å². The van der Waals surface area contributed by atoms with E-state index in [4.69, 9.17) is 30.1 Å². The van der Waals surface area contributed by atoms with Crippen LogP contribution in [0.4, 0.5) is 0 Å². The van der Waals surface area contributed by atoms with E-state index in [1.807, 2.05) is 86.8 Å². The number of rotatable bonds is 20. The molecule has 9 rings (SSSR count). The SMILES string of the molecule is C=C1CCC=C(Cc2ccc(C3=CN4C(=O)c5cc(OC)c(OCCCOc6cc7c(cc6OC)C(=O)C=C6C=C(c8ccc(C(=N)CC(=O)/C(C)=C\CC(=O)C(N)C(C)C)cc8)CC6/C=C/C=C/7)cc5C=C=CC4C3)cc2)CCC1. The third-order valence-corrected chi connectivity index (χ3v) is 15.8. The molecule has 3 aliphatic carbocycles. The molecule has 0 radical (unpaired) electrons. The third-order valence-electron chi connectivity index (χ3n) is 15.8. The Morgan fingerprint density at radius 2 is 1.53 bits per heavy atom. The lowest BCUT2D eigenvalue weighted by molar-refractivity contribution is -0.120. The highest BCUT2D eigenvalue weighted by Gasteiger charge is 2.32. The van der Waals surface area contributed by atoms with Gasteiger partial charge in [-0.25, -0.2) is 0 Å². The fourth-order valence-corrected chi connectivity index (χ4v) is 10.9. The zero-order chi connectivity index (χ0) is 57.2. The van der Waals surface area contributed by atoms with Gasteiger partial charge in [0, 0.05) is 36.2 Å². The van der Waals surface area contributed by atoms with Crippen molar-refractivity contribution in [1.29, 1.82) is 5.41 Å². The van der Waals surface area contributed by atoms with Crippen molar-refractivity contribution >= 4 is 52.3 Å². The molecule has 416 valence electrons. The molecule has 0 saturated heterocycles. The summed E-state index contributed by atoms with van der Waals surface area (Å²) in [6.45, 7) is 10.2. The smallest absolute Gasteiger partial charge is 0.259 e. The van der Waals surface area contributed by atoms with Crippen LogP contribution < -0.4 is 24.7 Å². The minimum atomic E-state index is -0.577. The molecule has 2 heterocycles. The van der Waals surface area contributed by atoms with Crippen molar-refractivity contribution < 1.29 is 38.1 Å². The highest BCUT2D eigenvalue weighted by atomic mass is 16.5. The summed E-state index contributed by atoms with van der Waals surface area (Å²) in [6, 6.07) is 22.8. The van der Waals surface area contributed by atoms with Gasteiger partial charge in [-0.05, 0) is 162 Å². The van der Waals surface area contributed by atoms with Gasteiger partial charge in [0.2, 0.25) is 0 Å². The van der Waals surface area contributed by atoms with Crippen molar-refractivity contribution in [2.75, 3.05) is 27.4 Å². The second-order valence-electron chi connectivity index (χ2n) is 21.9.